The van der Waals surface area contributed by atoms with Gasteiger partial charge in [0.15, 0.2) is 0 Å². The number of aromatic amines is 1. The monoisotopic (exact) mass is 298 g/mol. The van der Waals surface area contributed by atoms with Crippen LogP contribution in [0.15, 0.2) is 34.0 Å². The van der Waals surface area contributed by atoms with E-state index < -0.39 is 26.5 Å². The molecule has 9 heteroatoms. The number of aromatic nitrogens is 2. The average Bonchev–Trinajstić information content (AvgIpc) is 2.66. The molecule has 0 fully saturated rings. The molecular formula is C11H10N2O6S. The summed E-state index contributed by atoms with van der Waals surface area (Å²) >= 11 is 0. The number of rotatable bonds is 3. The largest absolute Gasteiger partial charge is 0.478 e. The number of carbonyl (C=O) groups is 1. The predicted octanol–water partition coefficient (Wildman–Crippen LogP) is 0.419. The molecule has 1 aromatic heterocycles. The van der Waals surface area contributed by atoms with Crippen LogP contribution in [0.25, 0.3) is 5.69 Å². The minimum absolute atomic E-state index is 0.157. The second-order valence-electron chi connectivity index (χ2n) is 4.08. The molecule has 0 aliphatic heterocycles. The lowest BCUT2D eigenvalue weighted by atomic mass is 10.2. The molecule has 0 amide bonds. The number of nitrogens with one attached hydrogen (secondary N) is 1. The van der Waals surface area contributed by atoms with Gasteiger partial charge in [0.2, 0.25) is 0 Å². The first-order valence-electron chi connectivity index (χ1n) is 5.34. The Kier molecular flexibility index (Phi) is 3.24. The molecule has 0 saturated carbocycles. The lowest BCUT2D eigenvalue weighted by Gasteiger charge is -2.08. The number of H-pyrrole nitrogens is 1. The van der Waals surface area contributed by atoms with Gasteiger partial charge in [0, 0.05) is 11.8 Å². The van der Waals surface area contributed by atoms with Gasteiger partial charge in [-0.25, -0.2) is 9.48 Å². The Morgan fingerprint density at radius 2 is 1.95 bits per heavy atom. The molecule has 0 atom stereocenters. The Balaban J connectivity index is 2.80. The fraction of sp³-hybridized carbons (Fsp3) is 0.0909. The molecule has 1 aromatic carbocycles. The fourth-order valence-electron chi connectivity index (χ4n) is 1.73. The van der Waals surface area contributed by atoms with Crippen molar-refractivity contribution in [3.63, 3.8) is 0 Å². The first-order valence-corrected chi connectivity index (χ1v) is 6.78. The van der Waals surface area contributed by atoms with Crippen molar-refractivity contribution in [2.24, 2.45) is 0 Å². The summed E-state index contributed by atoms with van der Waals surface area (Å²) in [6, 6.07) is 4.29. The predicted molar refractivity (Wildman–Crippen MR) is 67.9 cm³/mol. The Morgan fingerprint density at radius 1 is 1.30 bits per heavy atom. The maximum Gasteiger partial charge on any atom is 0.335 e. The average molecular weight is 298 g/mol. The van der Waals surface area contributed by atoms with Gasteiger partial charge in [-0.3, -0.25) is 14.4 Å². The van der Waals surface area contributed by atoms with Crippen molar-refractivity contribution in [2.45, 2.75) is 11.8 Å². The van der Waals surface area contributed by atoms with Gasteiger partial charge in [0.25, 0.3) is 15.7 Å². The second kappa shape index (κ2) is 4.62. The van der Waals surface area contributed by atoms with Gasteiger partial charge in [0.1, 0.15) is 4.90 Å². The molecule has 8 nitrogen and oxygen atoms in total. The summed E-state index contributed by atoms with van der Waals surface area (Å²) in [7, 11) is -4.69. The van der Waals surface area contributed by atoms with Crippen LogP contribution in [0.3, 0.4) is 0 Å². The van der Waals surface area contributed by atoms with Crippen molar-refractivity contribution in [3.05, 3.63) is 45.9 Å². The molecule has 0 spiro atoms. The molecular weight excluding hydrogens is 288 g/mol. The van der Waals surface area contributed by atoms with Gasteiger partial charge in [-0.1, -0.05) is 0 Å². The van der Waals surface area contributed by atoms with E-state index in [9.17, 15) is 22.6 Å². The molecule has 0 aliphatic rings. The van der Waals surface area contributed by atoms with E-state index in [1.165, 1.54) is 6.07 Å². The van der Waals surface area contributed by atoms with Crippen LogP contribution < -0.4 is 5.56 Å². The van der Waals surface area contributed by atoms with E-state index in [1.807, 2.05) is 0 Å². The van der Waals surface area contributed by atoms with Gasteiger partial charge in [-0.05, 0) is 25.1 Å². The molecule has 0 bridgehead atoms. The number of aryl methyl sites for hydroxylation is 1. The molecule has 3 N–H and O–H groups in total. The highest BCUT2D eigenvalue weighted by Gasteiger charge is 2.20. The third-order valence-corrected chi connectivity index (χ3v) is 3.46. The molecule has 0 radical (unpaired) electrons. The smallest absolute Gasteiger partial charge is 0.335 e. The Bertz CT molecular complexity index is 846. The number of benzene rings is 1. The van der Waals surface area contributed by atoms with Gasteiger partial charge < -0.3 is 5.11 Å². The minimum atomic E-state index is -4.69. The van der Waals surface area contributed by atoms with Gasteiger partial charge in [0.05, 0.1) is 11.3 Å². The zero-order valence-corrected chi connectivity index (χ0v) is 11.0. The summed E-state index contributed by atoms with van der Waals surface area (Å²) in [5, 5.41) is 11.4. The van der Waals surface area contributed by atoms with Gasteiger partial charge in [-0.2, -0.15) is 8.42 Å². The standard InChI is InChI=1S/C11H10N2O6S/c1-6-4-10(14)13(12-6)8-3-2-7(11(15)16)5-9(8)20(17,18)19/h2-5,12H,1H3,(H,15,16)(H,17,18,19). The van der Waals surface area contributed by atoms with E-state index in [0.717, 1.165) is 22.9 Å². The van der Waals surface area contributed by atoms with E-state index in [2.05, 4.69) is 5.10 Å². The lowest BCUT2D eigenvalue weighted by molar-refractivity contribution is 0.0696. The molecule has 106 valence electrons. The van der Waals surface area contributed by atoms with Crippen LogP contribution in [0.1, 0.15) is 16.1 Å². The van der Waals surface area contributed by atoms with Crippen LogP contribution in [-0.4, -0.2) is 33.8 Å². The van der Waals surface area contributed by atoms with E-state index >= 15 is 0 Å². The van der Waals surface area contributed by atoms with E-state index in [0.29, 0.717) is 5.69 Å². The first-order chi connectivity index (χ1) is 9.20. The van der Waals surface area contributed by atoms with Crippen LogP contribution >= 0.6 is 0 Å². The van der Waals surface area contributed by atoms with Crippen LogP contribution in [0, 0.1) is 6.92 Å². The molecule has 20 heavy (non-hydrogen) atoms. The van der Waals surface area contributed by atoms with Gasteiger partial charge in [-0.15, -0.1) is 0 Å². The van der Waals surface area contributed by atoms with Crippen molar-refractivity contribution in [1.29, 1.82) is 0 Å². The van der Waals surface area contributed by atoms with Crippen molar-refractivity contribution in [3.8, 4) is 5.69 Å². The zero-order valence-electron chi connectivity index (χ0n) is 10.2. The third-order valence-electron chi connectivity index (χ3n) is 2.57. The van der Waals surface area contributed by atoms with Crippen LogP contribution in [-0.2, 0) is 10.1 Å². The molecule has 0 saturated heterocycles. The normalized spacial score (nSPS) is 11.5. The van der Waals surface area contributed by atoms with E-state index in [-0.39, 0.29) is 11.3 Å². The summed E-state index contributed by atoms with van der Waals surface area (Å²) in [6.45, 7) is 1.59. The van der Waals surface area contributed by atoms with Crippen LogP contribution in [0.4, 0.5) is 0 Å². The minimum Gasteiger partial charge on any atom is -0.478 e. The topological polar surface area (TPSA) is 129 Å². The van der Waals surface area contributed by atoms with Crippen molar-refractivity contribution < 1.29 is 22.9 Å². The SMILES string of the molecule is Cc1cc(=O)n(-c2ccc(C(=O)O)cc2S(=O)(=O)O)[nH]1. The lowest BCUT2D eigenvalue weighted by Crippen LogP contribution is -2.17. The second-order valence-corrected chi connectivity index (χ2v) is 5.47. The molecule has 2 aromatic rings. The maximum absolute atomic E-state index is 11.7. The van der Waals surface area contributed by atoms with E-state index in [1.54, 1.807) is 6.92 Å². The molecule has 1 heterocycles. The fourth-order valence-corrected chi connectivity index (χ4v) is 2.43. The molecule has 0 aliphatic carbocycles. The van der Waals surface area contributed by atoms with Crippen LogP contribution in [0.2, 0.25) is 0 Å². The quantitative estimate of drug-likeness (QED) is 0.704. The number of carboxylic acids is 1. The van der Waals surface area contributed by atoms with Gasteiger partial charge >= 0.3 is 5.97 Å². The number of nitrogens with zero attached hydrogens (tertiary/aromatic N) is 1. The Morgan fingerprint density at radius 3 is 2.40 bits per heavy atom. The van der Waals surface area contributed by atoms with Crippen molar-refractivity contribution >= 4 is 16.1 Å². The summed E-state index contributed by atoms with van der Waals surface area (Å²) < 4.78 is 32.8. The number of aromatic carboxylic acids is 1. The number of hydrogen-bond acceptors (Lipinski definition) is 4. The molecule has 2 rings (SSSR count). The van der Waals surface area contributed by atoms with Crippen molar-refractivity contribution in [2.75, 3.05) is 0 Å². The molecule has 0 unspecified atom stereocenters. The zero-order chi connectivity index (χ0) is 15.1. The third kappa shape index (κ3) is 2.49. The van der Waals surface area contributed by atoms with Crippen LogP contribution in [0.5, 0.6) is 0 Å². The summed E-state index contributed by atoms with van der Waals surface area (Å²) in [4.78, 5) is 21.9. The Hall–Kier alpha value is -2.39. The highest BCUT2D eigenvalue weighted by molar-refractivity contribution is 7.86. The van der Waals surface area contributed by atoms with E-state index in [4.69, 9.17) is 5.11 Å². The maximum atomic E-state index is 11.7. The first kappa shape index (κ1) is 14.0. The number of carboxylic acid groups (broad SMARTS) is 1. The summed E-state index contributed by atoms with van der Waals surface area (Å²) in [6.07, 6.45) is 0. The summed E-state index contributed by atoms with van der Waals surface area (Å²) in [5.41, 5.74) is -0.526. The Labute approximate surface area is 113 Å². The van der Waals surface area contributed by atoms with Crippen molar-refractivity contribution in [1.82, 2.24) is 9.78 Å². The highest BCUT2D eigenvalue weighted by atomic mass is 32.2. The highest BCUT2D eigenvalue weighted by Crippen LogP contribution is 2.20. The summed E-state index contributed by atoms with van der Waals surface area (Å²) in [5.74, 6) is -1.35. The number of hydrogen-bond donors (Lipinski definition) is 3.